The lowest BCUT2D eigenvalue weighted by Gasteiger charge is -2.07. The lowest BCUT2D eigenvalue weighted by molar-refractivity contribution is 0.0953. The molecule has 0 unspecified atom stereocenters. The van der Waals surface area contributed by atoms with Crippen LogP contribution in [-0.4, -0.2) is 29.1 Å². The second-order valence-corrected chi connectivity index (χ2v) is 4.40. The van der Waals surface area contributed by atoms with Gasteiger partial charge in [-0.3, -0.25) is 4.79 Å². The number of hydrogen-bond donors (Lipinski definition) is 2. The Morgan fingerprint density at radius 2 is 2.33 bits per heavy atom. The predicted octanol–water partition coefficient (Wildman–Crippen LogP) is 0.661. The van der Waals surface area contributed by atoms with E-state index in [4.69, 9.17) is 10.3 Å². The third kappa shape index (κ3) is 4.16. The molecule has 2 aromatic rings. The van der Waals surface area contributed by atoms with Gasteiger partial charge in [-0.15, -0.1) is 0 Å². The maximum absolute atomic E-state index is 12.2. The first-order valence-corrected chi connectivity index (χ1v) is 6.54. The number of nitrogens with one attached hydrogen (secondary N) is 1. The maximum atomic E-state index is 12.2. The normalized spacial score (nSPS) is 9.81. The Kier molecular flexibility index (Phi) is 5.07. The molecule has 0 aliphatic heterocycles. The fourth-order valence-electron chi connectivity index (χ4n) is 1.79. The summed E-state index contributed by atoms with van der Waals surface area (Å²) < 4.78 is 4.87. The van der Waals surface area contributed by atoms with Gasteiger partial charge in [-0.2, -0.15) is 4.98 Å². The van der Waals surface area contributed by atoms with Gasteiger partial charge in [-0.25, -0.2) is 0 Å². The number of aryl methyl sites for hydroxylation is 1. The molecule has 0 spiro atoms. The fourth-order valence-corrected chi connectivity index (χ4v) is 1.79. The third-order valence-corrected chi connectivity index (χ3v) is 2.78. The number of nitrogens with zero attached hydrogens (tertiary/aromatic N) is 2. The summed E-state index contributed by atoms with van der Waals surface area (Å²) >= 11 is 0. The minimum Gasteiger partial charge on any atom is -0.351 e. The Bertz CT molecular complexity index is 669. The van der Waals surface area contributed by atoms with Gasteiger partial charge in [0.05, 0.1) is 12.1 Å². The highest BCUT2D eigenvalue weighted by molar-refractivity contribution is 5.96. The van der Waals surface area contributed by atoms with E-state index < -0.39 is 0 Å². The Morgan fingerprint density at radius 3 is 3.05 bits per heavy atom. The minimum atomic E-state index is -0.181. The van der Waals surface area contributed by atoms with E-state index in [0.717, 1.165) is 5.56 Å². The first kappa shape index (κ1) is 14.8. The van der Waals surface area contributed by atoms with Crippen LogP contribution in [-0.2, 0) is 6.42 Å². The number of benzene rings is 1. The van der Waals surface area contributed by atoms with Crippen molar-refractivity contribution in [3.05, 3.63) is 47.1 Å². The molecule has 2 rings (SSSR count). The molecule has 0 aliphatic carbocycles. The van der Waals surface area contributed by atoms with E-state index in [1.807, 2.05) is 25.1 Å². The molecule has 6 heteroatoms. The molecule has 108 valence electrons. The summed E-state index contributed by atoms with van der Waals surface area (Å²) in [5, 5.41) is 6.32. The van der Waals surface area contributed by atoms with Gasteiger partial charge >= 0.3 is 0 Å². The van der Waals surface area contributed by atoms with Gasteiger partial charge in [0.1, 0.15) is 0 Å². The van der Waals surface area contributed by atoms with Gasteiger partial charge < -0.3 is 15.6 Å². The van der Waals surface area contributed by atoms with Gasteiger partial charge in [0.15, 0.2) is 6.33 Å². The Hall–Kier alpha value is -2.65. The number of carbonyl (C=O) groups is 1. The van der Waals surface area contributed by atoms with Crippen molar-refractivity contribution >= 4 is 5.91 Å². The van der Waals surface area contributed by atoms with E-state index in [-0.39, 0.29) is 12.5 Å². The summed E-state index contributed by atoms with van der Waals surface area (Å²) in [6, 6.07) is 5.54. The first-order valence-electron chi connectivity index (χ1n) is 6.54. The summed E-state index contributed by atoms with van der Waals surface area (Å²) in [6.45, 7) is 2.60. The van der Waals surface area contributed by atoms with Gasteiger partial charge in [0.25, 0.3) is 5.91 Å². The summed E-state index contributed by atoms with van der Waals surface area (Å²) in [7, 11) is 0. The summed E-state index contributed by atoms with van der Waals surface area (Å²) in [5.74, 6) is 5.98. The van der Waals surface area contributed by atoms with Crippen molar-refractivity contribution in [1.82, 2.24) is 15.5 Å². The van der Waals surface area contributed by atoms with Gasteiger partial charge in [-0.05, 0) is 19.1 Å². The molecule has 0 atom stereocenters. The fraction of sp³-hybridized carbons (Fsp3) is 0.267. The van der Waals surface area contributed by atoms with Crippen molar-refractivity contribution in [1.29, 1.82) is 0 Å². The molecular weight excluding hydrogens is 268 g/mol. The van der Waals surface area contributed by atoms with Crippen molar-refractivity contribution in [2.75, 3.05) is 13.1 Å². The number of aromatic nitrogens is 2. The van der Waals surface area contributed by atoms with Crippen LogP contribution in [0.5, 0.6) is 0 Å². The molecule has 1 amide bonds. The lowest BCUT2D eigenvalue weighted by Crippen LogP contribution is -2.26. The number of rotatable bonds is 4. The van der Waals surface area contributed by atoms with Crippen LogP contribution < -0.4 is 11.1 Å². The zero-order chi connectivity index (χ0) is 15.1. The van der Waals surface area contributed by atoms with E-state index in [1.54, 1.807) is 0 Å². The van der Waals surface area contributed by atoms with Crippen molar-refractivity contribution in [3.8, 4) is 11.8 Å². The van der Waals surface area contributed by atoms with Gasteiger partial charge in [0, 0.05) is 18.5 Å². The molecule has 0 saturated heterocycles. The first-order chi connectivity index (χ1) is 10.2. The Balaban J connectivity index is 2.05. The molecule has 1 aromatic carbocycles. The maximum Gasteiger partial charge on any atom is 0.252 e. The van der Waals surface area contributed by atoms with Crippen molar-refractivity contribution in [2.24, 2.45) is 5.73 Å². The summed E-state index contributed by atoms with van der Waals surface area (Å²) in [6.07, 6.45) is 1.82. The van der Waals surface area contributed by atoms with Gasteiger partial charge in [0.2, 0.25) is 5.89 Å². The number of amides is 1. The molecule has 1 aromatic heterocycles. The van der Waals surface area contributed by atoms with E-state index in [0.29, 0.717) is 30.0 Å². The van der Waals surface area contributed by atoms with Gasteiger partial charge in [-0.1, -0.05) is 28.6 Å². The monoisotopic (exact) mass is 284 g/mol. The molecule has 3 N–H and O–H groups in total. The third-order valence-electron chi connectivity index (χ3n) is 2.78. The van der Waals surface area contributed by atoms with Crippen LogP contribution in [0.1, 0.15) is 27.4 Å². The number of nitrogens with two attached hydrogens (primary N) is 1. The molecule has 0 radical (unpaired) electrons. The van der Waals surface area contributed by atoms with Crippen molar-refractivity contribution in [2.45, 2.75) is 13.3 Å². The second kappa shape index (κ2) is 7.22. The highest BCUT2D eigenvalue weighted by Crippen LogP contribution is 2.11. The topological polar surface area (TPSA) is 94.0 Å². The zero-order valence-corrected chi connectivity index (χ0v) is 11.7. The van der Waals surface area contributed by atoms with Crippen LogP contribution in [0.3, 0.4) is 0 Å². The summed E-state index contributed by atoms with van der Waals surface area (Å²) in [4.78, 5) is 16.1. The van der Waals surface area contributed by atoms with Crippen LogP contribution >= 0.6 is 0 Å². The quantitative estimate of drug-likeness (QED) is 0.804. The van der Waals surface area contributed by atoms with Crippen molar-refractivity contribution < 1.29 is 9.32 Å². The molecule has 21 heavy (non-hydrogen) atoms. The average molecular weight is 284 g/mol. The second-order valence-electron chi connectivity index (χ2n) is 4.40. The number of carbonyl (C=O) groups excluding carboxylic acids is 1. The molecule has 1 heterocycles. The van der Waals surface area contributed by atoms with Crippen molar-refractivity contribution in [3.63, 3.8) is 0 Å². The average Bonchev–Trinajstić information content (AvgIpc) is 2.99. The predicted molar refractivity (Wildman–Crippen MR) is 77.4 cm³/mol. The molecular formula is C15H16N4O2. The Labute approximate surface area is 122 Å². The highest BCUT2D eigenvalue weighted by atomic mass is 16.5. The van der Waals surface area contributed by atoms with E-state index in [1.165, 1.54) is 6.33 Å². The van der Waals surface area contributed by atoms with Crippen LogP contribution in [0, 0.1) is 18.8 Å². The largest absolute Gasteiger partial charge is 0.351 e. The van der Waals surface area contributed by atoms with Crippen LogP contribution in [0.25, 0.3) is 0 Å². The minimum absolute atomic E-state index is 0.181. The van der Waals surface area contributed by atoms with Crippen LogP contribution in [0.4, 0.5) is 0 Å². The molecule has 0 fully saturated rings. The Morgan fingerprint density at radius 1 is 1.48 bits per heavy atom. The van der Waals surface area contributed by atoms with E-state index in [2.05, 4.69) is 27.3 Å². The lowest BCUT2D eigenvalue weighted by atomic mass is 10.0. The van der Waals surface area contributed by atoms with E-state index in [9.17, 15) is 4.79 Å². The SMILES string of the molecule is Cc1ccc(C#CCN)c(C(=O)NCCc2ncno2)c1. The number of hydrogen-bond acceptors (Lipinski definition) is 5. The molecule has 0 bridgehead atoms. The molecule has 0 aliphatic rings. The summed E-state index contributed by atoms with van der Waals surface area (Å²) in [5.41, 5.74) is 7.58. The van der Waals surface area contributed by atoms with Crippen LogP contribution in [0.15, 0.2) is 29.0 Å². The zero-order valence-electron chi connectivity index (χ0n) is 11.7. The molecule has 6 nitrogen and oxygen atoms in total. The highest BCUT2D eigenvalue weighted by Gasteiger charge is 2.10. The van der Waals surface area contributed by atoms with Crippen LogP contribution in [0.2, 0.25) is 0 Å². The van der Waals surface area contributed by atoms with E-state index >= 15 is 0 Å². The standard InChI is InChI=1S/C15H16N4O2/c1-11-4-5-12(3-2-7-16)13(9-11)15(20)17-8-6-14-18-10-19-21-14/h4-5,9-10H,6-8,16H2,1H3,(H,17,20). The smallest absolute Gasteiger partial charge is 0.252 e. The molecule has 0 saturated carbocycles.